The van der Waals surface area contributed by atoms with Crippen LogP contribution in [0.4, 0.5) is 0 Å². The molecule has 1 atom stereocenters. The van der Waals surface area contributed by atoms with Gasteiger partial charge in [0.1, 0.15) is 5.75 Å². The second-order valence-corrected chi connectivity index (χ2v) is 5.14. The number of nitrogens with zero attached hydrogens (tertiary/aromatic N) is 1. The molecule has 1 unspecified atom stereocenters. The Labute approximate surface area is 121 Å². The number of rotatable bonds is 5. The molecule has 0 aromatic heterocycles. The number of likely N-dealkylation sites (N-methyl/N-ethyl adjacent to an activating group) is 1. The van der Waals surface area contributed by atoms with E-state index in [1.54, 1.807) is 0 Å². The summed E-state index contributed by atoms with van der Waals surface area (Å²) in [4.78, 5) is 14.8. The van der Waals surface area contributed by atoms with Crippen molar-refractivity contribution in [3.63, 3.8) is 0 Å². The number of amides is 1. The molecule has 0 bridgehead atoms. The summed E-state index contributed by atoms with van der Waals surface area (Å²) >= 11 is 0. The zero-order valence-corrected chi connectivity index (χ0v) is 12.4. The first-order valence-electron chi connectivity index (χ1n) is 7.45. The Morgan fingerprint density at radius 1 is 1.40 bits per heavy atom. The molecule has 1 aromatic carbocycles. The van der Waals surface area contributed by atoms with Crippen LogP contribution in [0.25, 0.3) is 0 Å². The molecule has 1 amide bonds. The maximum absolute atomic E-state index is 12.8. The topological polar surface area (TPSA) is 41.6 Å². The predicted molar refractivity (Wildman–Crippen MR) is 80.2 cm³/mol. The number of ether oxygens (including phenoxy) is 1. The van der Waals surface area contributed by atoms with Crippen molar-refractivity contribution in [2.75, 3.05) is 26.7 Å². The molecule has 1 aromatic rings. The molecular formula is C16H24N2O2. The molecule has 0 spiro atoms. The van der Waals surface area contributed by atoms with E-state index in [9.17, 15) is 4.79 Å². The minimum absolute atomic E-state index is 0.0917. The maximum Gasteiger partial charge on any atom is 0.257 e. The first kappa shape index (κ1) is 14.9. The number of piperidine rings is 1. The lowest BCUT2D eigenvalue weighted by atomic mass is 10.0. The lowest BCUT2D eigenvalue weighted by molar-refractivity contribution is 0.0611. The summed E-state index contributed by atoms with van der Waals surface area (Å²) in [6, 6.07) is 7.82. The summed E-state index contributed by atoms with van der Waals surface area (Å²) in [7, 11) is 1.94. The molecule has 4 heteroatoms. The Morgan fingerprint density at radius 2 is 2.20 bits per heavy atom. The van der Waals surface area contributed by atoms with Crippen LogP contribution in [0.15, 0.2) is 24.3 Å². The van der Waals surface area contributed by atoms with Gasteiger partial charge in [-0.1, -0.05) is 12.1 Å². The van der Waals surface area contributed by atoms with Gasteiger partial charge in [0.15, 0.2) is 0 Å². The van der Waals surface area contributed by atoms with Crippen LogP contribution < -0.4 is 10.1 Å². The second-order valence-electron chi connectivity index (χ2n) is 5.14. The number of hydrogen-bond acceptors (Lipinski definition) is 3. The molecule has 110 valence electrons. The highest BCUT2D eigenvalue weighted by molar-refractivity contribution is 5.97. The molecule has 1 fully saturated rings. The van der Waals surface area contributed by atoms with Crippen molar-refractivity contribution in [2.24, 2.45) is 0 Å². The molecule has 1 heterocycles. The minimum Gasteiger partial charge on any atom is -0.493 e. The summed E-state index contributed by atoms with van der Waals surface area (Å²) in [5, 5.41) is 3.19. The fraction of sp³-hybridized carbons (Fsp3) is 0.562. The molecule has 2 rings (SSSR count). The van der Waals surface area contributed by atoms with E-state index < -0.39 is 0 Å². The smallest absolute Gasteiger partial charge is 0.257 e. The average molecular weight is 276 g/mol. The Bertz CT molecular complexity index is 446. The first-order valence-corrected chi connectivity index (χ1v) is 7.45. The Balaban J connectivity index is 2.20. The highest BCUT2D eigenvalue weighted by Crippen LogP contribution is 2.24. The molecule has 1 N–H and O–H groups in total. The van der Waals surface area contributed by atoms with Gasteiger partial charge in [0.05, 0.1) is 12.2 Å². The number of likely N-dealkylation sites (tertiary alicyclic amines) is 1. The minimum atomic E-state index is 0.0917. The summed E-state index contributed by atoms with van der Waals surface area (Å²) in [5.74, 6) is 0.780. The maximum atomic E-state index is 12.8. The fourth-order valence-electron chi connectivity index (χ4n) is 2.80. The number of carbonyl (C=O) groups is 1. The number of nitrogens with one attached hydrogen (secondary N) is 1. The van der Waals surface area contributed by atoms with E-state index in [2.05, 4.69) is 5.32 Å². The lowest BCUT2D eigenvalue weighted by Gasteiger charge is -2.36. The van der Waals surface area contributed by atoms with Gasteiger partial charge in [-0.2, -0.15) is 0 Å². The van der Waals surface area contributed by atoms with Crippen molar-refractivity contribution in [1.29, 1.82) is 0 Å². The van der Waals surface area contributed by atoms with Crippen LogP contribution in [0.2, 0.25) is 0 Å². The van der Waals surface area contributed by atoms with Crippen molar-refractivity contribution >= 4 is 5.91 Å². The van der Waals surface area contributed by atoms with E-state index in [1.807, 2.05) is 43.1 Å². The number of para-hydroxylation sites is 1. The molecule has 1 saturated heterocycles. The summed E-state index contributed by atoms with van der Waals surface area (Å²) in [6.45, 7) is 4.20. The van der Waals surface area contributed by atoms with Crippen LogP contribution in [-0.4, -0.2) is 43.6 Å². The zero-order chi connectivity index (χ0) is 14.4. The number of hydrogen-bond donors (Lipinski definition) is 1. The zero-order valence-electron chi connectivity index (χ0n) is 12.4. The molecule has 0 saturated carbocycles. The molecule has 20 heavy (non-hydrogen) atoms. The normalized spacial score (nSPS) is 18.9. The van der Waals surface area contributed by atoms with Crippen LogP contribution in [0.5, 0.6) is 5.75 Å². The Hall–Kier alpha value is -1.55. The standard InChI is InChI=1S/C16H24N2O2/c1-3-20-15-10-5-4-9-14(15)16(19)18-11-7-6-8-13(18)12-17-2/h4-5,9-10,13,17H,3,6-8,11-12H2,1-2H3. The van der Waals surface area contributed by atoms with E-state index >= 15 is 0 Å². The van der Waals surface area contributed by atoms with Gasteiger partial charge in [0.2, 0.25) is 0 Å². The van der Waals surface area contributed by atoms with E-state index in [1.165, 1.54) is 6.42 Å². The largest absolute Gasteiger partial charge is 0.493 e. The van der Waals surface area contributed by atoms with E-state index in [0.29, 0.717) is 17.9 Å². The van der Waals surface area contributed by atoms with Crippen molar-refractivity contribution in [2.45, 2.75) is 32.2 Å². The summed E-state index contributed by atoms with van der Waals surface area (Å²) in [6.07, 6.45) is 3.36. The highest BCUT2D eigenvalue weighted by atomic mass is 16.5. The van der Waals surface area contributed by atoms with Crippen LogP contribution in [-0.2, 0) is 0 Å². The van der Waals surface area contributed by atoms with Crippen LogP contribution in [0, 0.1) is 0 Å². The van der Waals surface area contributed by atoms with Crippen LogP contribution in [0.1, 0.15) is 36.5 Å². The van der Waals surface area contributed by atoms with E-state index in [-0.39, 0.29) is 11.9 Å². The van der Waals surface area contributed by atoms with Crippen molar-refractivity contribution in [1.82, 2.24) is 10.2 Å². The summed E-state index contributed by atoms with van der Waals surface area (Å²) < 4.78 is 5.58. The van der Waals surface area contributed by atoms with Gasteiger partial charge in [0, 0.05) is 19.1 Å². The fourth-order valence-corrected chi connectivity index (χ4v) is 2.80. The average Bonchev–Trinajstić information content (AvgIpc) is 2.48. The van der Waals surface area contributed by atoms with Gasteiger partial charge < -0.3 is 15.0 Å². The third kappa shape index (κ3) is 3.31. The van der Waals surface area contributed by atoms with Gasteiger partial charge in [-0.15, -0.1) is 0 Å². The first-order chi connectivity index (χ1) is 9.77. The third-order valence-corrected chi connectivity index (χ3v) is 3.75. The monoisotopic (exact) mass is 276 g/mol. The van der Waals surface area contributed by atoms with Gasteiger partial charge in [-0.05, 0) is 45.4 Å². The summed E-state index contributed by atoms with van der Waals surface area (Å²) in [5.41, 5.74) is 0.678. The SMILES string of the molecule is CCOc1ccccc1C(=O)N1CCCCC1CNC. The third-order valence-electron chi connectivity index (χ3n) is 3.75. The van der Waals surface area contributed by atoms with Gasteiger partial charge in [-0.3, -0.25) is 4.79 Å². The second kappa shape index (κ2) is 7.29. The molecular weight excluding hydrogens is 252 g/mol. The molecule has 0 aliphatic carbocycles. The van der Waals surface area contributed by atoms with Crippen molar-refractivity contribution < 1.29 is 9.53 Å². The Morgan fingerprint density at radius 3 is 2.95 bits per heavy atom. The van der Waals surface area contributed by atoms with Crippen molar-refractivity contribution in [3.05, 3.63) is 29.8 Å². The lowest BCUT2D eigenvalue weighted by Crippen LogP contribution is -2.48. The Kier molecular flexibility index (Phi) is 5.41. The number of carbonyl (C=O) groups excluding carboxylic acids is 1. The molecule has 1 aliphatic heterocycles. The number of benzene rings is 1. The predicted octanol–water partition coefficient (Wildman–Crippen LogP) is 2.30. The van der Waals surface area contributed by atoms with Gasteiger partial charge in [0.25, 0.3) is 5.91 Å². The molecule has 1 aliphatic rings. The van der Waals surface area contributed by atoms with E-state index in [4.69, 9.17) is 4.74 Å². The molecule has 4 nitrogen and oxygen atoms in total. The quantitative estimate of drug-likeness (QED) is 0.897. The highest BCUT2D eigenvalue weighted by Gasteiger charge is 2.28. The van der Waals surface area contributed by atoms with Crippen LogP contribution in [0.3, 0.4) is 0 Å². The van der Waals surface area contributed by atoms with Crippen molar-refractivity contribution in [3.8, 4) is 5.75 Å². The van der Waals surface area contributed by atoms with Crippen LogP contribution >= 0.6 is 0 Å². The van der Waals surface area contributed by atoms with Gasteiger partial charge >= 0.3 is 0 Å². The van der Waals surface area contributed by atoms with E-state index in [0.717, 1.165) is 25.9 Å². The van der Waals surface area contributed by atoms with Gasteiger partial charge in [-0.25, -0.2) is 0 Å². The molecule has 0 radical (unpaired) electrons.